The lowest BCUT2D eigenvalue weighted by Crippen LogP contribution is -2.56. The molecule has 2 aliphatic carbocycles. The number of ether oxygens (including phenoxy) is 1. The van der Waals surface area contributed by atoms with Gasteiger partial charge in [-0.15, -0.1) is 0 Å². The van der Waals surface area contributed by atoms with Gasteiger partial charge < -0.3 is 9.64 Å². The van der Waals surface area contributed by atoms with Gasteiger partial charge in [-0.25, -0.2) is 0 Å². The Morgan fingerprint density at radius 3 is 2.65 bits per heavy atom. The molecule has 0 N–H and O–H groups in total. The standard InChI is InChI=1S/C17H21NOS/c1-2-12-15-13(10(1)8-20-12)11-7-19-17(15)14-9-3-5-18(6-4-9)16(11)14/h9-12,17H,1-8H2. The van der Waals surface area contributed by atoms with E-state index in [-0.39, 0.29) is 0 Å². The second-order valence-electron chi connectivity index (χ2n) is 7.37. The molecular formula is C17H21NOS. The zero-order valence-corrected chi connectivity index (χ0v) is 12.6. The summed E-state index contributed by atoms with van der Waals surface area (Å²) in [5.41, 5.74) is 7.12. The van der Waals surface area contributed by atoms with Crippen molar-refractivity contribution in [2.24, 2.45) is 17.8 Å². The van der Waals surface area contributed by atoms with Gasteiger partial charge in [0.15, 0.2) is 0 Å². The maximum atomic E-state index is 6.37. The molecule has 0 amide bonds. The van der Waals surface area contributed by atoms with E-state index in [2.05, 4.69) is 16.7 Å². The molecule has 9 rings (SSSR count). The number of rotatable bonds is 0. The van der Waals surface area contributed by atoms with Crippen LogP contribution >= 0.6 is 11.8 Å². The summed E-state index contributed by atoms with van der Waals surface area (Å²) in [5.74, 6) is 3.77. The Kier molecular flexibility index (Phi) is 2.05. The van der Waals surface area contributed by atoms with E-state index in [4.69, 9.17) is 4.74 Å². The zero-order valence-electron chi connectivity index (χ0n) is 11.8. The summed E-state index contributed by atoms with van der Waals surface area (Å²) >= 11 is 2.22. The fraction of sp³-hybridized carbons (Fsp3) is 0.765. The maximum Gasteiger partial charge on any atom is 0.103 e. The van der Waals surface area contributed by atoms with Crippen LogP contribution in [0.5, 0.6) is 0 Å². The number of hydrogen-bond acceptors (Lipinski definition) is 3. The Bertz CT molecular complexity index is 455. The first-order valence-corrected chi connectivity index (χ1v) is 9.42. The normalized spacial score (nSPS) is 45.3. The predicted octanol–water partition coefficient (Wildman–Crippen LogP) is 2.82. The molecule has 106 valence electrons. The largest absolute Gasteiger partial charge is 0.374 e. The molecule has 0 aromatic rings. The van der Waals surface area contributed by atoms with Gasteiger partial charge in [-0.05, 0) is 48.7 Å². The SMILES string of the molecule is C1CC2SCC1C1=C2C2OCC1C1=C2C2CCN1CC2. The van der Waals surface area contributed by atoms with Gasteiger partial charge in [0.05, 0.1) is 6.61 Å². The van der Waals surface area contributed by atoms with Gasteiger partial charge in [0, 0.05) is 35.7 Å². The summed E-state index contributed by atoms with van der Waals surface area (Å²) in [5, 5.41) is 0.798. The molecule has 9 aliphatic rings. The quantitative estimate of drug-likeness (QED) is 0.636. The fourth-order valence-corrected chi connectivity index (χ4v) is 7.47. The minimum absolute atomic E-state index is 0.402. The molecule has 0 spiro atoms. The van der Waals surface area contributed by atoms with Crippen molar-refractivity contribution in [1.82, 2.24) is 4.90 Å². The van der Waals surface area contributed by atoms with E-state index in [1.54, 1.807) is 16.8 Å². The highest BCUT2D eigenvalue weighted by Gasteiger charge is 2.54. The fourth-order valence-electron chi connectivity index (χ4n) is 5.92. The van der Waals surface area contributed by atoms with Crippen LogP contribution in [0.2, 0.25) is 0 Å². The Balaban J connectivity index is 1.57. The van der Waals surface area contributed by atoms with Gasteiger partial charge in [0.1, 0.15) is 6.10 Å². The van der Waals surface area contributed by atoms with Crippen molar-refractivity contribution >= 4 is 11.8 Å². The Morgan fingerprint density at radius 1 is 0.950 bits per heavy atom. The Labute approximate surface area is 124 Å². The zero-order chi connectivity index (χ0) is 12.8. The van der Waals surface area contributed by atoms with Crippen LogP contribution in [0.25, 0.3) is 0 Å². The number of piperidine rings is 1. The molecule has 20 heavy (non-hydrogen) atoms. The summed E-state index contributed by atoms with van der Waals surface area (Å²) in [7, 11) is 0. The Morgan fingerprint density at radius 2 is 1.85 bits per heavy atom. The lowest BCUT2D eigenvalue weighted by Gasteiger charge is -2.59. The lowest BCUT2D eigenvalue weighted by molar-refractivity contribution is 0.00267. The van der Waals surface area contributed by atoms with E-state index < -0.39 is 0 Å². The maximum absolute atomic E-state index is 6.37. The van der Waals surface area contributed by atoms with Crippen molar-refractivity contribution in [1.29, 1.82) is 0 Å². The molecule has 2 saturated heterocycles. The lowest BCUT2D eigenvalue weighted by atomic mass is 9.62. The molecule has 0 aromatic heterocycles. The van der Waals surface area contributed by atoms with E-state index in [9.17, 15) is 0 Å². The van der Waals surface area contributed by atoms with Gasteiger partial charge in [-0.1, -0.05) is 5.57 Å². The number of thioether (sulfide) groups is 1. The molecule has 4 atom stereocenters. The molecule has 7 aliphatic heterocycles. The molecule has 7 heterocycles. The van der Waals surface area contributed by atoms with Crippen molar-refractivity contribution in [3.8, 4) is 0 Å². The average Bonchev–Trinajstić information content (AvgIpc) is 2.57. The second kappa shape index (κ2) is 3.67. The average molecular weight is 287 g/mol. The van der Waals surface area contributed by atoms with E-state index in [1.807, 2.05) is 5.57 Å². The highest BCUT2D eigenvalue weighted by Crippen LogP contribution is 2.59. The summed E-state index contributed by atoms with van der Waals surface area (Å²) in [6.45, 7) is 3.62. The summed E-state index contributed by atoms with van der Waals surface area (Å²) in [4.78, 5) is 2.73. The molecular weight excluding hydrogens is 266 g/mol. The first kappa shape index (κ1) is 11.2. The van der Waals surface area contributed by atoms with Crippen molar-refractivity contribution in [3.05, 3.63) is 22.4 Å². The number of nitrogens with zero attached hydrogens (tertiary/aromatic N) is 1. The van der Waals surface area contributed by atoms with Crippen molar-refractivity contribution in [2.45, 2.75) is 37.0 Å². The minimum Gasteiger partial charge on any atom is -0.374 e. The highest BCUT2D eigenvalue weighted by atomic mass is 32.2. The van der Waals surface area contributed by atoms with Crippen molar-refractivity contribution in [2.75, 3.05) is 25.4 Å². The third kappa shape index (κ3) is 1.16. The second-order valence-corrected chi connectivity index (χ2v) is 8.61. The van der Waals surface area contributed by atoms with Crippen LogP contribution < -0.4 is 0 Å². The molecule has 6 bridgehead atoms. The van der Waals surface area contributed by atoms with E-state index in [0.29, 0.717) is 12.0 Å². The summed E-state index contributed by atoms with van der Waals surface area (Å²) in [6, 6.07) is 0. The van der Waals surface area contributed by atoms with Crippen molar-refractivity contribution in [3.63, 3.8) is 0 Å². The first-order valence-electron chi connectivity index (χ1n) is 8.38. The van der Waals surface area contributed by atoms with Crippen LogP contribution in [-0.4, -0.2) is 41.7 Å². The smallest absolute Gasteiger partial charge is 0.103 e. The molecule has 0 saturated carbocycles. The molecule has 2 nitrogen and oxygen atoms in total. The van der Waals surface area contributed by atoms with Gasteiger partial charge in [0.2, 0.25) is 0 Å². The predicted molar refractivity (Wildman–Crippen MR) is 80.5 cm³/mol. The van der Waals surface area contributed by atoms with E-state index in [1.165, 1.54) is 44.5 Å². The van der Waals surface area contributed by atoms with Gasteiger partial charge in [-0.3, -0.25) is 0 Å². The first-order chi connectivity index (χ1) is 9.92. The van der Waals surface area contributed by atoms with Gasteiger partial charge in [-0.2, -0.15) is 11.8 Å². The van der Waals surface area contributed by atoms with Crippen LogP contribution in [0, 0.1) is 17.8 Å². The molecule has 4 unspecified atom stereocenters. The highest BCUT2D eigenvalue weighted by molar-refractivity contribution is 8.00. The van der Waals surface area contributed by atoms with E-state index in [0.717, 1.165) is 23.7 Å². The monoisotopic (exact) mass is 287 g/mol. The molecule has 0 radical (unpaired) electrons. The van der Waals surface area contributed by atoms with E-state index >= 15 is 0 Å². The van der Waals surface area contributed by atoms with Crippen molar-refractivity contribution < 1.29 is 4.74 Å². The third-order valence-electron chi connectivity index (χ3n) is 6.67. The van der Waals surface area contributed by atoms with Gasteiger partial charge in [0.25, 0.3) is 0 Å². The third-order valence-corrected chi connectivity index (χ3v) is 8.15. The van der Waals surface area contributed by atoms with Crippen LogP contribution in [-0.2, 0) is 4.74 Å². The van der Waals surface area contributed by atoms with Crippen LogP contribution in [0.3, 0.4) is 0 Å². The minimum atomic E-state index is 0.402. The van der Waals surface area contributed by atoms with Gasteiger partial charge >= 0.3 is 0 Å². The number of hydrogen-bond donors (Lipinski definition) is 0. The van der Waals surface area contributed by atoms with Crippen LogP contribution in [0.1, 0.15) is 25.7 Å². The van der Waals surface area contributed by atoms with Crippen LogP contribution in [0.15, 0.2) is 22.4 Å². The summed E-state index contributed by atoms with van der Waals surface area (Å²) < 4.78 is 6.37. The van der Waals surface area contributed by atoms with Crippen LogP contribution in [0.4, 0.5) is 0 Å². The Hall–Kier alpha value is -0.410. The molecule has 3 heteroatoms. The topological polar surface area (TPSA) is 12.5 Å². The summed E-state index contributed by atoms with van der Waals surface area (Å²) in [6.07, 6.45) is 6.03. The molecule has 0 aromatic carbocycles. The number of fused-ring (bicyclic) bond motifs is 5. The molecule has 2 fully saturated rings.